The molecule has 0 atom stereocenters. The van der Waals surface area contributed by atoms with Crippen LogP contribution in [-0.2, 0) is 9.59 Å². The van der Waals surface area contributed by atoms with Crippen LogP contribution in [0.15, 0.2) is 48.5 Å². The molecular weight excluding hydrogens is 328 g/mol. The van der Waals surface area contributed by atoms with Gasteiger partial charge in [-0.25, -0.2) is 0 Å². The Labute approximate surface area is 153 Å². The number of rotatable bonds is 6. The third kappa shape index (κ3) is 4.99. The second-order valence-corrected chi connectivity index (χ2v) is 6.40. The quantitative estimate of drug-likeness (QED) is 0.746. The normalized spacial score (nSPS) is 13.3. The summed E-state index contributed by atoms with van der Waals surface area (Å²) in [5.41, 5.74) is 3.44. The number of benzene rings is 2. The van der Waals surface area contributed by atoms with Crippen LogP contribution in [0, 0.1) is 0 Å². The molecule has 0 unspecified atom stereocenters. The van der Waals surface area contributed by atoms with E-state index in [1.807, 2.05) is 12.1 Å². The molecule has 1 heterocycles. The Morgan fingerprint density at radius 2 is 1.58 bits per heavy atom. The Bertz CT molecular complexity index is 768. The fourth-order valence-electron chi connectivity index (χ4n) is 3.03. The molecule has 2 aromatic carbocycles. The van der Waals surface area contributed by atoms with Crippen molar-refractivity contribution < 1.29 is 9.59 Å². The lowest BCUT2D eigenvalue weighted by Gasteiger charge is -2.18. The minimum atomic E-state index is -0.146. The van der Waals surface area contributed by atoms with Crippen molar-refractivity contribution in [3.63, 3.8) is 0 Å². The molecule has 0 spiro atoms. The molecule has 3 rings (SSSR count). The molecule has 136 valence electrons. The zero-order chi connectivity index (χ0) is 18.4. The first-order valence-electron chi connectivity index (χ1n) is 8.86. The van der Waals surface area contributed by atoms with Crippen LogP contribution >= 0.6 is 0 Å². The lowest BCUT2D eigenvalue weighted by atomic mass is 10.2. The van der Waals surface area contributed by atoms with Gasteiger partial charge in [0.05, 0.1) is 6.54 Å². The lowest BCUT2D eigenvalue weighted by Crippen LogP contribution is -2.22. The number of nitrogens with one attached hydrogen (secondary N) is 3. The van der Waals surface area contributed by atoms with Gasteiger partial charge in [-0.05, 0) is 55.3 Å². The second kappa shape index (κ2) is 8.38. The largest absolute Gasteiger partial charge is 0.376 e. The predicted molar refractivity (Wildman–Crippen MR) is 106 cm³/mol. The monoisotopic (exact) mass is 352 g/mol. The molecule has 1 aliphatic rings. The minimum Gasteiger partial charge on any atom is -0.376 e. The van der Waals surface area contributed by atoms with E-state index in [4.69, 9.17) is 0 Å². The highest BCUT2D eigenvalue weighted by atomic mass is 16.2. The average molecular weight is 352 g/mol. The van der Waals surface area contributed by atoms with Gasteiger partial charge < -0.3 is 20.9 Å². The fourth-order valence-corrected chi connectivity index (χ4v) is 3.03. The fraction of sp³-hybridized carbons (Fsp3) is 0.300. The first-order valence-corrected chi connectivity index (χ1v) is 8.86. The molecule has 2 amide bonds. The van der Waals surface area contributed by atoms with E-state index in [9.17, 15) is 9.59 Å². The number of amides is 2. The Morgan fingerprint density at radius 1 is 0.923 bits per heavy atom. The van der Waals surface area contributed by atoms with Crippen molar-refractivity contribution in [2.45, 2.75) is 19.8 Å². The third-order valence-electron chi connectivity index (χ3n) is 4.26. The number of hydrogen-bond acceptors (Lipinski definition) is 4. The van der Waals surface area contributed by atoms with E-state index in [0.29, 0.717) is 11.4 Å². The third-order valence-corrected chi connectivity index (χ3v) is 4.26. The second-order valence-electron chi connectivity index (χ2n) is 6.40. The number of carbonyl (C=O) groups is 2. The molecular formula is C20H24N4O2. The van der Waals surface area contributed by atoms with Crippen molar-refractivity contribution in [3.8, 4) is 0 Å². The molecule has 0 bridgehead atoms. The van der Waals surface area contributed by atoms with E-state index in [2.05, 4.69) is 33.0 Å². The summed E-state index contributed by atoms with van der Waals surface area (Å²) < 4.78 is 0. The van der Waals surface area contributed by atoms with E-state index in [1.54, 1.807) is 24.3 Å². The SMILES string of the molecule is CC(=O)Nc1cccc(NC(=O)CNc2ccc(N3CCCC3)cc2)c1. The van der Waals surface area contributed by atoms with Crippen LogP contribution < -0.4 is 20.9 Å². The number of carbonyl (C=O) groups excluding carboxylic acids is 2. The Kier molecular flexibility index (Phi) is 5.73. The topological polar surface area (TPSA) is 73.5 Å². The molecule has 2 aromatic rings. The Balaban J connectivity index is 1.50. The average Bonchev–Trinajstić information content (AvgIpc) is 3.15. The van der Waals surface area contributed by atoms with Gasteiger partial charge in [0.25, 0.3) is 0 Å². The van der Waals surface area contributed by atoms with Gasteiger partial charge in [-0.15, -0.1) is 0 Å². The smallest absolute Gasteiger partial charge is 0.243 e. The molecule has 1 fully saturated rings. The molecule has 1 aliphatic heterocycles. The van der Waals surface area contributed by atoms with Crippen LogP contribution in [0.5, 0.6) is 0 Å². The van der Waals surface area contributed by atoms with Crippen molar-refractivity contribution >= 4 is 34.6 Å². The molecule has 0 saturated carbocycles. The van der Waals surface area contributed by atoms with Gasteiger partial charge in [-0.3, -0.25) is 9.59 Å². The number of nitrogens with zero attached hydrogens (tertiary/aromatic N) is 1. The van der Waals surface area contributed by atoms with Crippen molar-refractivity contribution in [2.24, 2.45) is 0 Å². The van der Waals surface area contributed by atoms with Gasteiger partial charge >= 0.3 is 0 Å². The Hall–Kier alpha value is -3.02. The summed E-state index contributed by atoms with van der Waals surface area (Å²) in [5, 5.41) is 8.64. The molecule has 1 saturated heterocycles. The summed E-state index contributed by atoms with van der Waals surface area (Å²) in [6, 6.07) is 15.2. The molecule has 3 N–H and O–H groups in total. The van der Waals surface area contributed by atoms with Crippen molar-refractivity contribution in [1.29, 1.82) is 0 Å². The zero-order valence-corrected chi connectivity index (χ0v) is 14.9. The molecule has 0 aromatic heterocycles. The van der Waals surface area contributed by atoms with Gasteiger partial charge in [-0.2, -0.15) is 0 Å². The summed E-state index contributed by atoms with van der Waals surface area (Å²) in [5.74, 6) is -0.291. The number of anilines is 4. The zero-order valence-electron chi connectivity index (χ0n) is 14.9. The highest BCUT2D eigenvalue weighted by molar-refractivity contribution is 5.95. The van der Waals surface area contributed by atoms with E-state index in [0.717, 1.165) is 18.8 Å². The number of hydrogen-bond donors (Lipinski definition) is 3. The van der Waals surface area contributed by atoms with Crippen molar-refractivity contribution in [3.05, 3.63) is 48.5 Å². The maximum Gasteiger partial charge on any atom is 0.243 e. The van der Waals surface area contributed by atoms with Crippen LogP contribution in [0.4, 0.5) is 22.7 Å². The van der Waals surface area contributed by atoms with Gasteiger partial charge in [0.1, 0.15) is 0 Å². The summed E-state index contributed by atoms with van der Waals surface area (Å²) in [4.78, 5) is 25.6. The molecule has 0 radical (unpaired) electrons. The van der Waals surface area contributed by atoms with Crippen molar-refractivity contribution in [2.75, 3.05) is 40.5 Å². The van der Waals surface area contributed by atoms with E-state index < -0.39 is 0 Å². The Morgan fingerprint density at radius 3 is 2.23 bits per heavy atom. The summed E-state index contributed by atoms with van der Waals surface area (Å²) in [6.07, 6.45) is 2.51. The highest BCUT2D eigenvalue weighted by Crippen LogP contribution is 2.22. The molecule has 26 heavy (non-hydrogen) atoms. The van der Waals surface area contributed by atoms with Gasteiger partial charge in [0.2, 0.25) is 11.8 Å². The van der Waals surface area contributed by atoms with E-state index in [1.165, 1.54) is 25.5 Å². The van der Waals surface area contributed by atoms with Gasteiger partial charge in [-0.1, -0.05) is 6.07 Å². The molecule has 0 aliphatic carbocycles. The summed E-state index contributed by atoms with van der Waals surface area (Å²) >= 11 is 0. The van der Waals surface area contributed by atoms with Crippen molar-refractivity contribution in [1.82, 2.24) is 0 Å². The van der Waals surface area contributed by atoms with Crippen LogP contribution in [0.2, 0.25) is 0 Å². The maximum atomic E-state index is 12.1. The summed E-state index contributed by atoms with van der Waals surface area (Å²) in [7, 11) is 0. The first kappa shape index (κ1) is 17.8. The lowest BCUT2D eigenvalue weighted by molar-refractivity contribution is -0.115. The van der Waals surface area contributed by atoms with E-state index >= 15 is 0 Å². The van der Waals surface area contributed by atoms with Gasteiger partial charge in [0, 0.05) is 42.8 Å². The highest BCUT2D eigenvalue weighted by Gasteiger charge is 2.11. The van der Waals surface area contributed by atoms with Gasteiger partial charge in [0.15, 0.2) is 0 Å². The van der Waals surface area contributed by atoms with E-state index in [-0.39, 0.29) is 18.4 Å². The van der Waals surface area contributed by atoms with Crippen LogP contribution in [0.1, 0.15) is 19.8 Å². The standard InChI is InChI=1S/C20H24N4O2/c1-15(25)22-17-5-4-6-18(13-17)23-20(26)14-21-16-7-9-19(10-8-16)24-11-2-3-12-24/h4-10,13,21H,2-3,11-12,14H2,1H3,(H,22,25)(H,23,26). The first-order chi connectivity index (χ1) is 12.6. The molecule has 6 heteroatoms. The maximum absolute atomic E-state index is 12.1. The molecule has 6 nitrogen and oxygen atoms in total. The minimum absolute atomic E-state index is 0.145. The van der Waals surface area contributed by atoms with Crippen LogP contribution in [0.25, 0.3) is 0 Å². The van der Waals surface area contributed by atoms with Crippen LogP contribution in [-0.4, -0.2) is 31.4 Å². The predicted octanol–water partition coefficient (Wildman–Crippen LogP) is 3.30. The van der Waals surface area contributed by atoms with Crippen LogP contribution in [0.3, 0.4) is 0 Å². The summed E-state index contributed by atoms with van der Waals surface area (Å²) in [6.45, 7) is 3.86.